The van der Waals surface area contributed by atoms with E-state index in [1.165, 1.54) is 25.7 Å². The lowest BCUT2D eigenvalue weighted by Crippen LogP contribution is -2.46. The van der Waals surface area contributed by atoms with Crippen molar-refractivity contribution in [1.29, 1.82) is 0 Å². The zero-order chi connectivity index (χ0) is 13.0. The molecular weight excluding hydrogens is 224 g/mol. The van der Waals surface area contributed by atoms with Crippen LogP contribution in [0.25, 0.3) is 0 Å². The largest absolute Gasteiger partial charge is 0.469 e. The Morgan fingerprint density at radius 1 is 1.39 bits per heavy atom. The van der Waals surface area contributed by atoms with Gasteiger partial charge in [-0.1, -0.05) is 6.92 Å². The number of nitrogens with two attached hydrogens (primary N) is 1. The number of hydrogen-bond acceptors (Lipinski definition) is 3. The fraction of sp³-hybridized carbons (Fsp3) is 0.733. The number of furan rings is 1. The summed E-state index contributed by atoms with van der Waals surface area (Å²) in [5.41, 5.74) is 5.99. The maximum Gasteiger partial charge on any atom is 0.105 e. The quantitative estimate of drug-likeness (QED) is 0.873. The molecule has 102 valence electrons. The van der Waals surface area contributed by atoms with E-state index in [1.54, 1.807) is 6.26 Å². The lowest BCUT2D eigenvalue weighted by Gasteiger charge is -2.39. The van der Waals surface area contributed by atoms with Gasteiger partial charge in [-0.3, -0.25) is 4.90 Å². The van der Waals surface area contributed by atoms with E-state index in [0.717, 1.165) is 18.7 Å². The summed E-state index contributed by atoms with van der Waals surface area (Å²) in [4.78, 5) is 2.62. The monoisotopic (exact) mass is 250 g/mol. The van der Waals surface area contributed by atoms with Gasteiger partial charge >= 0.3 is 0 Å². The fourth-order valence-electron chi connectivity index (χ4n) is 3.20. The zero-order valence-corrected chi connectivity index (χ0v) is 11.6. The van der Waals surface area contributed by atoms with Crippen LogP contribution in [0.3, 0.4) is 0 Å². The third kappa shape index (κ3) is 3.36. The average molecular weight is 250 g/mol. The van der Waals surface area contributed by atoms with E-state index >= 15 is 0 Å². The van der Waals surface area contributed by atoms with Crippen LogP contribution in [0.5, 0.6) is 0 Å². The molecule has 3 nitrogen and oxygen atoms in total. The highest BCUT2D eigenvalue weighted by molar-refractivity contribution is 5.00. The minimum Gasteiger partial charge on any atom is -0.469 e. The first kappa shape index (κ1) is 13.6. The molecule has 1 atom stereocenters. The fourth-order valence-corrected chi connectivity index (χ4v) is 3.20. The summed E-state index contributed by atoms with van der Waals surface area (Å²) in [5, 5.41) is 0. The van der Waals surface area contributed by atoms with Crippen molar-refractivity contribution in [1.82, 2.24) is 4.90 Å². The van der Waals surface area contributed by atoms with Gasteiger partial charge in [0.2, 0.25) is 0 Å². The average Bonchev–Trinajstić information content (AvgIpc) is 2.85. The predicted molar refractivity (Wildman–Crippen MR) is 74.5 cm³/mol. The first-order valence-electron chi connectivity index (χ1n) is 7.24. The van der Waals surface area contributed by atoms with E-state index in [9.17, 15) is 0 Å². The summed E-state index contributed by atoms with van der Waals surface area (Å²) in [6.07, 6.45) is 7.61. The van der Waals surface area contributed by atoms with Crippen molar-refractivity contribution in [2.75, 3.05) is 6.54 Å². The molecule has 0 aliphatic heterocycles. The smallest absolute Gasteiger partial charge is 0.105 e. The maximum atomic E-state index is 5.99. The van der Waals surface area contributed by atoms with Gasteiger partial charge < -0.3 is 10.2 Å². The predicted octanol–water partition coefficient (Wildman–Crippen LogP) is 2.80. The Morgan fingerprint density at radius 2 is 2.11 bits per heavy atom. The third-order valence-electron chi connectivity index (χ3n) is 4.22. The summed E-state index contributed by atoms with van der Waals surface area (Å²) in [6.45, 7) is 5.68. The van der Waals surface area contributed by atoms with Crippen LogP contribution in [-0.2, 0) is 6.42 Å². The Bertz CT molecular complexity index is 328. The van der Waals surface area contributed by atoms with Gasteiger partial charge in [0.1, 0.15) is 5.76 Å². The Morgan fingerprint density at radius 3 is 2.67 bits per heavy atom. The van der Waals surface area contributed by atoms with Crippen molar-refractivity contribution in [2.24, 2.45) is 5.73 Å². The van der Waals surface area contributed by atoms with Crippen molar-refractivity contribution < 1.29 is 4.42 Å². The van der Waals surface area contributed by atoms with Gasteiger partial charge in [0.25, 0.3) is 0 Å². The van der Waals surface area contributed by atoms with Gasteiger partial charge in [-0.25, -0.2) is 0 Å². The highest BCUT2D eigenvalue weighted by Gasteiger charge is 2.26. The molecule has 1 aromatic heterocycles. The molecule has 18 heavy (non-hydrogen) atoms. The minimum absolute atomic E-state index is 0.431. The summed E-state index contributed by atoms with van der Waals surface area (Å²) >= 11 is 0. The van der Waals surface area contributed by atoms with E-state index in [2.05, 4.69) is 24.8 Å². The normalized spacial score (nSPS) is 26.4. The standard InChI is InChI=1S/C15H26N2O/c1-3-17(14-8-6-13(16)7-9-14)12(2)11-15-5-4-10-18-15/h4-5,10,12-14H,3,6-9,11,16H2,1-2H3. The van der Waals surface area contributed by atoms with Crippen LogP contribution in [0.1, 0.15) is 45.3 Å². The van der Waals surface area contributed by atoms with Crippen molar-refractivity contribution in [3.8, 4) is 0 Å². The molecule has 1 aliphatic carbocycles. The van der Waals surface area contributed by atoms with Gasteiger partial charge in [0.15, 0.2) is 0 Å². The highest BCUT2D eigenvalue weighted by atomic mass is 16.3. The lowest BCUT2D eigenvalue weighted by molar-refractivity contribution is 0.111. The number of rotatable bonds is 5. The molecule has 0 aromatic carbocycles. The third-order valence-corrected chi connectivity index (χ3v) is 4.22. The van der Waals surface area contributed by atoms with Crippen molar-refractivity contribution >= 4 is 0 Å². The van der Waals surface area contributed by atoms with Crippen molar-refractivity contribution in [2.45, 2.75) is 64.1 Å². The molecule has 0 spiro atoms. The molecule has 2 N–H and O–H groups in total. The van der Waals surface area contributed by atoms with Gasteiger partial charge in [0, 0.05) is 24.5 Å². The molecule has 1 aromatic rings. The molecule has 1 saturated carbocycles. The molecule has 2 rings (SSSR count). The molecule has 0 saturated heterocycles. The van der Waals surface area contributed by atoms with Crippen LogP contribution in [0.2, 0.25) is 0 Å². The number of nitrogens with zero attached hydrogens (tertiary/aromatic N) is 1. The Hall–Kier alpha value is -0.800. The van der Waals surface area contributed by atoms with E-state index in [4.69, 9.17) is 10.2 Å². The molecule has 1 aliphatic rings. The van der Waals surface area contributed by atoms with E-state index in [0.29, 0.717) is 18.1 Å². The Labute approximate surface area is 110 Å². The highest BCUT2D eigenvalue weighted by Crippen LogP contribution is 2.24. The molecular formula is C15H26N2O. The molecule has 0 bridgehead atoms. The van der Waals surface area contributed by atoms with Crippen LogP contribution < -0.4 is 5.73 Å². The zero-order valence-electron chi connectivity index (χ0n) is 11.6. The number of likely N-dealkylation sites (N-methyl/N-ethyl adjacent to an activating group) is 1. The van der Waals surface area contributed by atoms with Crippen LogP contribution >= 0.6 is 0 Å². The molecule has 3 heteroatoms. The Kier molecular flexibility index (Phi) is 4.84. The molecule has 1 unspecified atom stereocenters. The number of hydrogen-bond donors (Lipinski definition) is 1. The lowest BCUT2D eigenvalue weighted by atomic mass is 9.89. The van der Waals surface area contributed by atoms with Crippen LogP contribution in [0, 0.1) is 0 Å². The Balaban J connectivity index is 1.91. The first-order chi connectivity index (χ1) is 8.70. The van der Waals surface area contributed by atoms with Crippen LogP contribution in [-0.4, -0.2) is 29.6 Å². The van der Waals surface area contributed by atoms with Crippen LogP contribution in [0.4, 0.5) is 0 Å². The second-order valence-electron chi connectivity index (χ2n) is 5.53. The van der Waals surface area contributed by atoms with Gasteiger partial charge in [-0.2, -0.15) is 0 Å². The summed E-state index contributed by atoms with van der Waals surface area (Å²) in [7, 11) is 0. The molecule has 1 heterocycles. The molecule has 0 radical (unpaired) electrons. The minimum atomic E-state index is 0.431. The summed E-state index contributed by atoms with van der Waals surface area (Å²) < 4.78 is 5.46. The summed E-state index contributed by atoms with van der Waals surface area (Å²) in [5.74, 6) is 1.09. The second kappa shape index (κ2) is 6.39. The van der Waals surface area contributed by atoms with Crippen molar-refractivity contribution in [3.05, 3.63) is 24.2 Å². The van der Waals surface area contributed by atoms with E-state index in [-0.39, 0.29) is 0 Å². The molecule has 1 fully saturated rings. The summed E-state index contributed by atoms with van der Waals surface area (Å²) in [6, 6.07) is 5.72. The topological polar surface area (TPSA) is 42.4 Å². The first-order valence-corrected chi connectivity index (χ1v) is 7.24. The van der Waals surface area contributed by atoms with E-state index < -0.39 is 0 Å². The SMILES string of the molecule is CCN(C(C)Cc1ccco1)C1CCC(N)CC1. The van der Waals surface area contributed by atoms with Crippen LogP contribution in [0.15, 0.2) is 22.8 Å². The van der Waals surface area contributed by atoms with Crippen molar-refractivity contribution in [3.63, 3.8) is 0 Å². The second-order valence-corrected chi connectivity index (χ2v) is 5.53. The van der Waals surface area contributed by atoms with Gasteiger partial charge in [-0.15, -0.1) is 0 Å². The maximum absolute atomic E-state index is 5.99. The molecule has 0 amide bonds. The van der Waals surface area contributed by atoms with Gasteiger partial charge in [0.05, 0.1) is 6.26 Å². The van der Waals surface area contributed by atoms with E-state index in [1.807, 2.05) is 6.07 Å². The van der Waals surface area contributed by atoms with Gasteiger partial charge in [-0.05, 0) is 51.3 Å².